The summed E-state index contributed by atoms with van der Waals surface area (Å²) in [6.45, 7) is 7.61. The predicted molar refractivity (Wildman–Crippen MR) is 123 cm³/mol. The van der Waals surface area contributed by atoms with Crippen molar-refractivity contribution in [2.45, 2.75) is 19.4 Å². The Hall–Kier alpha value is -3.87. The van der Waals surface area contributed by atoms with Crippen LogP contribution >= 0.6 is 0 Å². The SMILES string of the molecule is [B]c1cc(C#N)cc(C2CC=NN2C(=O)N2CCN(C(=C)N=C(/C=C\C)C(N)=O)CC2)c1. The van der Waals surface area contributed by atoms with Gasteiger partial charge in [-0.1, -0.05) is 30.3 Å². The van der Waals surface area contributed by atoms with E-state index in [0.29, 0.717) is 49.4 Å². The van der Waals surface area contributed by atoms with Gasteiger partial charge in [-0.3, -0.25) is 4.79 Å². The van der Waals surface area contributed by atoms with Gasteiger partial charge < -0.3 is 15.5 Å². The maximum Gasteiger partial charge on any atom is 0.341 e. The molecule has 1 atom stereocenters. The number of nitrogens with zero attached hydrogens (tertiary/aromatic N) is 6. The molecule has 0 saturated carbocycles. The first-order chi connectivity index (χ1) is 15.3. The summed E-state index contributed by atoms with van der Waals surface area (Å²) in [5.41, 5.74) is 7.16. The summed E-state index contributed by atoms with van der Waals surface area (Å²) in [5, 5.41) is 14.9. The van der Waals surface area contributed by atoms with Gasteiger partial charge in [0.25, 0.3) is 5.91 Å². The number of hydrazone groups is 1. The highest BCUT2D eigenvalue weighted by Crippen LogP contribution is 2.29. The molecule has 2 heterocycles. The topological polar surface area (TPSA) is 118 Å². The van der Waals surface area contributed by atoms with Gasteiger partial charge in [0.2, 0.25) is 0 Å². The first-order valence-electron chi connectivity index (χ1n) is 10.2. The summed E-state index contributed by atoms with van der Waals surface area (Å²) in [4.78, 5) is 32.5. The Morgan fingerprint density at radius 2 is 1.97 bits per heavy atom. The van der Waals surface area contributed by atoms with Gasteiger partial charge >= 0.3 is 6.03 Å². The molecule has 0 bridgehead atoms. The summed E-state index contributed by atoms with van der Waals surface area (Å²) < 4.78 is 0. The van der Waals surface area contributed by atoms with Crippen LogP contribution in [0, 0.1) is 11.3 Å². The van der Waals surface area contributed by atoms with Crippen molar-refractivity contribution in [3.63, 3.8) is 0 Å². The van der Waals surface area contributed by atoms with E-state index in [1.807, 2.05) is 4.90 Å². The van der Waals surface area contributed by atoms with Crippen molar-refractivity contribution in [2.75, 3.05) is 26.2 Å². The van der Waals surface area contributed by atoms with Crippen molar-refractivity contribution < 1.29 is 9.59 Å². The molecule has 2 aliphatic heterocycles. The molecular weight excluding hydrogens is 405 g/mol. The number of nitriles is 1. The van der Waals surface area contributed by atoms with Gasteiger partial charge in [-0.25, -0.2) is 14.8 Å². The summed E-state index contributed by atoms with van der Waals surface area (Å²) >= 11 is 0. The highest BCUT2D eigenvalue weighted by Gasteiger charge is 2.33. The van der Waals surface area contributed by atoms with Gasteiger partial charge in [0.1, 0.15) is 19.4 Å². The number of hydrogen-bond acceptors (Lipinski definition) is 6. The molecule has 2 aliphatic rings. The van der Waals surface area contributed by atoms with Crippen LogP contribution < -0.4 is 11.2 Å². The molecule has 1 aromatic rings. The highest BCUT2D eigenvalue weighted by atomic mass is 16.2. The Morgan fingerprint density at radius 1 is 1.28 bits per heavy atom. The molecule has 162 valence electrons. The van der Waals surface area contributed by atoms with E-state index in [-0.39, 0.29) is 17.8 Å². The number of urea groups is 1. The fourth-order valence-electron chi connectivity index (χ4n) is 3.65. The van der Waals surface area contributed by atoms with Crippen LogP contribution in [0.3, 0.4) is 0 Å². The molecule has 1 aromatic carbocycles. The third kappa shape index (κ3) is 5.06. The third-order valence-electron chi connectivity index (χ3n) is 5.26. The Balaban J connectivity index is 1.66. The van der Waals surface area contributed by atoms with E-state index in [2.05, 4.69) is 22.7 Å². The second kappa shape index (κ2) is 9.96. The molecule has 3 rings (SSSR count). The lowest BCUT2D eigenvalue weighted by Crippen LogP contribution is -2.51. The van der Waals surface area contributed by atoms with E-state index in [0.717, 1.165) is 5.56 Å². The predicted octanol–water partition coefficient (Wildman–Crippen LogP) is 0.796. The number of nitrogens with two attached hydrogens (primary N) is 1. The normalized spacial score (nSPS) is 18.8. The van der Waals surface area contributed by atoms with Crippen molar-refractivity contribution in [1.82, 2.24) is 14.8 Å². The molecule has 10 heteroatoms. The van der Waals surface area contributed by atoms with Crippen molar-refractivity contribution in [3.05, 3.63) is 53.9 Å². The number of amides is 3. The van der Waals surface area contributed by atoms with Gasteiger partial charge in [0, 0.05) is 38.8 Å². The van der Waals surface area contributed by atoms with Gasteiger partial charge in [-0.05, 0) is 24.6 Å². The number of primary amides is 1. The summed E-state index contributed by atoms with van der Waals surface area (Å²) in [7, 11) is 5.92. The van der Waals surface area contributed by atoms with Crippen LogP contribution in [0.25, 0.3) is 0 Å². The van der Waals surface area contributed by atoms with E-state index in [1.165, 1.54) is 11.1 Å². The van der Waals surface area contributed by atoms with Gasteiger partial charge in [-0.2, -0.15) is 10.4 Å². The molecule has 0 aromatic heterocycles. The summed E-state index contributed by atoms with van der Waals surface area (Å²) in [6, 6.07) is 6.66. The molecule has 0 aliphatic carbocycles. The largest absolute Gasteiger partial charge is 0.364 e. The molecule has 9 nitrogen and oxygen atoms in total. The van der Waals surface area contributed by atoms with Gasteiger partial charge in [0.05, 0.1) is 17.7 Å². The average molecular weight is 429 g/mol. The van der Waals surface area contributed by atoms with Gasteiger partial charge in [0.15, 0.2) is 0 Å². The minimum atomic E-state index is -0.628. The Bertz CT molecular complexity index is 1050. The number of hydrogen-bond donors (Lipinski definition) is 1. The number of aliphatic imine (C=N–C) groups is 1. The summed E-state index contributed by atoms with van der Waals surface area (Å²) in [6.07, 6.45) is 5.46. The van der Waals surface area contributed by atoms with Crippen molar-refractivity contribution in [1.29, 1.82) is 5.26 Å². The van der Waals surface area contributed by atoms with Crippen LogP contribution in [0.4, 0.5) is 4.79 Å². The third-order valence-corrected chi connectivity index (χ3v) is 5.26. The molecule has 1 unspecified atom stereocenters. The van der Waals surface area contributed by atoms with E-state index in [9.17, 15) is 14.9 Å². The molecular formula is C22H24BN7O2. The number of carbonyl (C=O) groups excluding carboxylic acids is 2. The maximum absolute atomic E-state index is 13.2. The molecule has 3 amide bonds. The van der Waals surface area contributed by atoms with E-state index < -0.39 is 5.91 Å². The van der Waals surface area contributed by atoms with E-state index >= 15 is 0 Å². The Morgan fingerprint density at radius 3 is 2.59 bits per heavy atom. The van der Waals surface area contributed by atoms with Crippen LogP contribution in [0.2, 0.25) is 0 Å². The molecule has 2 N–H and O–H groups in total. The lowest BCUT2D eigenvalue weighted by Gasteiger charge is -2.37. The van der Waals surface area contributed by atoms with Crippen molar-refractivity contribution in [3.8, 4) is 6.07 Å². The number of rotatable bonds is 5. The molecule has 1 fully saturated rings. The monoisotopic (exact) mass is 429 g/mol. The zero-order valence-corrected chi connectivity index (χ0v) is 17.9. The van der Waals surface area contributed by atoms with Crippen LogP contribution in [0.5, 0.6) is 0 Å². The van der Waals surface area contributed by atoms with Gasteiger partial charge in [-0.15, -0.1) is 0 Å². The lowest BCUT2D eigenvalue weighted by atomic mass is 9.89. The standard InChI is InChI=1S/C22H24BN7O2/c1-3-4-19(21(25)31)27-15(2)28-7-9-29(10-8-28)22(32)30-20(5-6-26-30)17-11-16(14-24)12-18(23)13-17/h3-4,6,11-13,20H,2,5,7-10H2,1H3,(H2,25,31)/b4-3-,27-19?. The fraction of sp³-hybridized carbons (Fsp3) is 0.318. The molecule has 2 radical (unpaired) electrons. The molecule has 32 heavy (non-hydrogen) atoms. The van der Waals surface area contributed by atoms with Crippen LogP contribution in [-0.4, -0.2) is 72.7 Å². The number of allylic oxidation sites excluding steroid dienone is 1. The van der Waals surface area contributed by atoms with Crippen molar-refractivity contribution in [2.24, 2.45) is 15.8 Å². The Labute approximate surface area is 188 Å². The minimum Gasteiger partial charge on any atom is -0.364 e. The average Bonchev–Trinajstić information content (AvgIpc) is 3.27. The fourth-order valence-corrected chi connectivity index (χ4v) is 3.65. The smallest absolute Gasteiger partial charge is 0.341 e. The van der Waals surface area contributed by atoms with E-state index in [4.69, 9.17) is 13.6 Å². The Kier molecular flexibility index (Phi) is 7.10. The zero-order valence-electron chi connectivity index (χ0n) is 17.9. The van der Waals surface area contributed by atoms with Crippen LogP contribution in [-0.2, 0) is 4.79 Å². The second-order valence-corrected chi connectivity index (χ2v) is 7.43. The van der Waals surface area contributed by atoms with Crippen LogP contribution in [0.1, 0.15) is 30.5 Å². The number of benzene rings is 1. The lowest BCUT2D eigenvalue weighted by molar-refractivity contribution is -0.111. The maximum atomic E-state index is 13.2. The highest BCUT2D eigenvalue weighted by molar-refractivity contribution is 6.43. The molecule has 1 saturated heterocycles. The number of piperazine rings is 1. The minimum absolute atomic E-state index is 0.129. The van der Waals surface area contributed by atoms with Crippen molar-refractivity contribution >= 4 is 37.2 Å². The number of carbonyl (C=O) groups is 2. The second-order valence-electron chi connectivity index (χ2n) is 7.43. The van der Waals surface area contributed by atoms with E-state index in [1.54, 1.807) is 42.3 Å². The zero-order chi connectivity index (χ0) is 23.3. The molecule has 0 spiro atoms. The first-order valence-corrected chi connectivity index (χ1v) is 10.2. The summed E-state index contributed by atoms with van der Waals surface area (Å²) in [5.74, 6) is -0.207. The first kappa shape index (κ1) is 22.8. The quantitative estimate of drug-likeness (QED) is 0.550. The van der Waals surface area contributed by atoms with Crippen LogP contribution in [0.15, 0.2) is 52.8 Å².